The minimum atomic E-state index is 1.03. The Kier molecular flexibility index (Phi) is 3.08. The van der Waals surface area contributed by atoms with Crippen molar-refractivity contribution in [2.24, 2.45) is 0 Å². The topological polar surface area (TPSA) is 0 Å². The Morgan fingerprint density at radius 3 is 2.32 bits per heavy atom. The van der Waals surface area contributed by atoms with Gasteiger partial charge in [0.1, 0.15) is 0 Å². The predicted octanol–water partition coefficient (Wildman–Crippen LogP) is 6.69. The molecular weight excluding hydrogens is 300 g/mol. The summed E-state index contributed by atoms with van der Waals surface area (Å²) < 4.78 is 0. The molecule has 1 aliphatic carbocycles. The Labute approximate surface area is 148 Å². The van der Waals surface area contributed by atoms with Gasteiger partial charge in [-0.2, -0.15) is 0 Å². The zero-order valence-electron chi connectivity index (χ0n) is 14.6. The summed E-state index contributed by atoms with van der Waals surface area (Å²) >= 11 is 0. The normalized spacial score (nSPS) is 12.2. The molecule has 120 valence electrons. The van der Waals surface area contributed by atoms with Crippen molar-refractivity contribution in [3.05, 3.63) is 95.1 Å². The van der Waals surface area contributed by atoms with Crippen LogP contribution in [0, 0.1) is 13.8 Å². The molecule has 25 heavy (non-hydrogen) atoms. The highest BCUT2D eigenvalue weighted by atomic mass is 14.3. The number of hydrogen-bond acceptors (Lipinski definition) is 0. The number of hydrogen-bond donors (Lipinski definition) is 0. The van der Waals surface area contributed by atoms with Crippen LogP contribution in [0.3, 0.4) is 0 Å². The van der Waals surface area contributed by atoms with E-state index in [1.54, 1.807) is 0 Å². The smallest absolute Gasteiger partial charge is 0.000728 e. The molecule has 0 atom stereocenters. The highest BCUT2D eigenvalue weighted by Gasteiger charge is 2.22. The lowest BCUT2D eigenvalue weighted by atomic mass is 9.87. The molecule has 0 bridgehead atoms. The fourth-order valence-corrected chi connectivity index (χ4v) is 4.33. The predicted molar refractivity (Wildman–Crippen MR) is 107 cm³/mol. The van der Waals surface area contributed by atoms with Gasteiger partial charge in [-0.25, -0.2) is 0 Å². The van der Waals surface area contributed by atoms with Crippen molar-refractivity contribution in [2.45, 2.75) is 20.3 Å². The van der Waals surface area contributed by atoms with E-state index in [2.05, 4.69) is 86.6 Å². The first-order chi connectivity index (χ1) is 12.2. The van der Waals surface area contributed by atoms with Crippen LogP contribution in [0.25, 0.3) is 33.0 Å². The van der Waals surface area contributed by atoms with Crippen molar-refractivity contribution in [3.63, 3.8) is 0 Å². The first-order valence-electron chi connectivity index (χ1n) is 8.93. The lowest BCUT2D eigenvalue weighted by Crippen LogP contribution is -1.94. The van der Waals surface area contributed by atoms with Crippen LogP contribution in [0.4, 0.5) is 0 Å². The maximum atomic E-state index is 2.31. The van der Waals surface area contributed by atoms with Crippen molar-refractivity contribution in [1.29, 1.82) is 0 Å². The summed E-state index contributed by atoms with van der Waals surface area (Å²) in [4.78, 5) is 0. The summed E-state index contributed by atoms with van der Waals surface area (Å²) in [5.41, 5.74) is 11.3. The second-order valence-corrected chi connectivity index (χ2v) is 7.08. The van der Waals surface area contributed by atoms with E-state index in [1.165, 1.54) is 55.3 Å². The Morgan fingerprint density at radius 1 is 0.680 bits per heavy atom. The van der Waals surface area contributed by atoms with Crippen molar-refractivity contribution in [2.75, 3.05) is 0 Å². The molecule has 0 saturated heterocycles. The third kappa shape index (κ3) is 2.07. The molecule has 0 aliphatic heterocycles. The van der Waals surface area contributed by atoms with Crippen molar-refractivity contribution < 1.29 is 0 Å². The molecule has 0 saturated carbocycles. The van der Waals surface area contributed by atoms with Crippen LogP contribution in [0.2, 0.25) is 0 Å². The van der Waals surface area contributed by atoms with Crippen LogP contribution in [0.5, 0.6) is 0 Å². The van der Waals surface area contributed by atoms with E-state index >= 15 is 0 Å². The largest absolute Gasteiger partial charge is 0.0619 e. The Bertz CT molecular complexity index is 1130. The van der Waals surface area contributed by atoms with Gasteiger partial charge in [0, 0.05) is 0 Å². The second-order valence-electron chi connectivity index (χ2n) is 7.08. The van der Waals surface area contributed by atoms with Crippen LogP contribution in [0.1, 0.15) is 22.3 Å². The molecule has 0 fully saturated rings. The van der Waals surface area contributed by atoms with Gasteiger partial charge in [0.05, 0.1) is 0 Å². The van der Waals surface area contributed by atoms with E-state index in [4.69, 9.17) is 0 Å². The van der Waals surface area contributed by atoms with Gasteiger partial charge in [0.15, 0.2) is 0 Å². The van der Waals surface area contributed by atoms with Gasteiger partial charge in [-0.3, -0.25) is 0 Å². The molecule has 0 heterocycles. The van der Waals surface area contributed by atoms with Gasteiger partial charge >= 0.3 is 0 Å². The van der Waals surface area contributed by atoms with E-state index in [1.807, 2.05) is 0 Å². The van der Waals surface area contributed by atoms with E-state index < -0.39 is 0 Å². The number of fused-ring (bicyclic) bond motifs is 4. The molecule has 0 unspecified atom stereocenters. The van der Waals surface area contributed by atoms with Gasteiger partial charge in [0.25, 0.3) is 0 Å². The molecule has 0 nitrogen and oxygen atoms in total. The standard InChI is InChI=1S/C25H20/c1-16-14-18-8-4-6-11-21(18)25(17(16)2)23-13-7-12-22-20-10-5-3-9-19(20)15-24(22)23/h3-14H,15H2,1-2H3. The van der Waals surface area contributed by atoms with Crippen molar-refractivity contribution in [3.8, 4) is 22.3 Å². The number of rotatable bonds is 1. The lowest BCUT2D eigenvalue weighted by molar-refractivity contribution is 1.26. The fourth-order valence-electron chi connectivity index (χ4n) is 4.33. The van der Waals surface area contributed by atoms with E-state index in [0.717, 1.165) is 6.42 Å². The molecule has 0 N–H and O–H groups in total. The summed E-state index contributed by atoms with van der Waals surface area (Å²) in [5.74, 6) is 0. The third-order valence-corrected chi connectivity index (χ3v) is 5.69. The minimum Gasteiger partial charge on any atom is -0.0619 e. The van der Waals surface area contributed by atoms with Gasteiger partial charge in [-0.15, -0.1) is 0 Å². The van der Waals surface area contributed by atoms with Crippen molar-refractivity contribution in [1.82, 2.24) is 0 Å². The quantitative estimate of drug-likeness (QED) is 0.322. The summed E-state index contributed by atoms with van der Waals surface area (Å²) in [6.07, 6.45) is 1.03. The average molecular weight is 320 g/mol. The molecule has 4 aromatic carbocycles. The SMILES string of the molecule is Cc1cc2ccccc2c(-c2cccc3c2Cc2ccccc2-3)c1C. The molecule has 0 radical (unpaired) electrons. The minimum absolute atomic E-state index is 1.03. The van der Waals surface area contributed by atoms with Crippen LogP contribution in [-0.4, -0.2) is 0 Å². The first kappa shape index (κ1) is 14.5. The van der Waals surface area contributed by atoms with Crippen LogP contribution in [-0.2, 0) is 6.42 Å². The van der Waals surface area contributed by atoms with Crippen LogP contribution >= 0.6 is 0 Å². The third-order valence-electron chi connectivity index (χ3n) is 5.69. The summed E-state index contributed by atoms with van der Waals surface area (Å²) in [6.45, 7) is 4.49. The zero-order chi connectivity index (χ0) is 17.0. The highest BCUT2D eigenvalue weighted by molar-refractivity contribution is 6.01. The van der Waals surface area contributed by atoms with E-state index in [0.29, 0.717) is 0 Å². The molecule has 4 aromatic rings. The molecule has 5 rings (SSSR count). The maximum absolute atomic E-state index is 2.31. The van der Waals surface area contributed by atoms with E-state index in [9.17, 15) is 0 Å². The Hall–Kier alpha value is -2.86. The number of aryl methyl sites for hydroxylation is 1. The van der Waals surface area contributed by atoms with E-state index in [-0.39, 0.29) is 0 Å². The summed E-state index contributed by atoms with van der Waals surface area (Å²) in [7, 11) is 0. The molecule has 1 aliphatic rings. The summed E-state index contributed by atoms with van der Waals surface area (Å²) in [5, 5.41) is 2.68. The van der Waals surface area contributed by atoms with Crippen molar-refractivity contribution >= 4 is 10.8 Å². The molecular formula is C25H20. The highest BCUT2D eigenvalue weighted by Crippen LogP contribution is 2.44. The monoisotopic (exact) mass is 320 g/mol. The van der Waals surface area contributed by atoms with Gasteiger partial charge in [-0.05, 0) is 75.5 Å². The second kappa shape index (κ2) is 5.32. The average Bonchev–Trinajstić information content (AvgIpc) is 3.02. The Balaban J connectivity index is 1.86. The maximum Gasteiger partial charge on any atom is -0.000728 e. The fraction of sp³-hybridized carbons (Fsp3) is 0.120. The number of benzene rings is 4. The van der Waals surface area contributed by atoms with Gasteiger partial charge < -0.3 is 0 Å². The van der Waals surface area contributed by atoms with Gasteiger partial charge in [0.2, 0.25) is 0 Å². The lowest BCUT2D eigenvalue weighted by Gasteiger charge is -2.17. The van der Waals surface area contributed by atoms with Crippen LogP contribution < -0.4 is 0 Å². The Morgan fingerprint density at radius 2 is 1.40 bits per heavy atom. The van der Waals surface area contributed by atoms with Crippen LogP contribution in [0.15, 0.2) is 72.8 Å². The molecule has 0 heteroatoms. The summed E-state index contributed by atoms with van der Waals surface area (Å²) in [6, 6.07) is 26.7. The molecule has 0 aromatic heterocycles. The molecule has 0 spiro atoms. The van der Waals surface area contributed by atoms with Gasteiger partial charge in [-0.1, -0.05) is 72.8 Å². The zero-order valence-corrected chi connectivity index (χ0v) is 14.6. The first-order valence-corrected chi connectivity index (χ1v) is 8.93. The molecule has 0 amide bonds.